The van der Waals surface area contributed by atoms with E-state index in [2.05, 4.69) is 5.32 Å². The van der Waals surface area contributed by atoms with Gasteiger partial charge in [0, 0.05) is 18.2 Å². The van der Waals surface area contributed by atoms with E-state index in [0.29, 0.717) is 24.8 Å². The summed E-state index contributed by atoms with van der Waals surface area (Å²) < 4.78 is 5.33. The molecule has 0 saturated carbocycles. The fourth-order valence-corrected chi connectivity index (χ4v) is 1.73. The topological polar surface area (TPSA) is 61.7 Å². The Kier molecular flexibility index (Phi) is 5.95. The molecule has 0 heterocycles. The Hall–Kier alpha value is -1.26. The van der Waals surface area contributed by atoms with Crippen molar-refractivity contribution < 1.29 is 14.9 Å². The summed E-state index contributed by atoms with van der Waals surface area (Å²) in [5.74, 6) is 1.02. The molecule has 1 atom stereocenters. The number of hydrogen-bond donors (Lipinski definition) is 3. The Labute approximate surface area is 109 Å². The molecule has 0 spiro atoms. The van der Waals surface area contributed by atoms with Gasteiger partial charge in [0.25, 0.3) is 0 Å². The lowest BCUT2D eigenvalue weighted by Crippen LogP contribution is -2.36. The first-order chi connectivity index (χ1) is 8.60. The van der Waals surface area contributed by atoms with Gasteiger partial charge in [0.15, 0.2) is 11.5 Å². The summed E-state index contributed by atoms with van der Waals surface area (Å²) in [6, 6.07) is 5.47. The summed E-state index contributed by atoms with van der Waals surface area (Å²) in [7, 11) is 0. The summed E-state index contributed by atoms with van der Waals surface area (Å²) in [6.45, 7) is 7.09. The van der Waals surface area contributed by atoms with Crippen LogP contribution in [0.5, 0.6) is 11.5 Å². The molecule has 3 N–H and O–H groups in total. The van der Waals surface area contributed by atoms with Gasteiger partial charge in [-0.15, -0.1) is 0 Å². The summed E-state index contributed by atoms with van der Waals surface area (Å²) in [5, 5.41) is 22.5. The van der Waals surface area contributed by atoms with Crippen LogP contribution in [-0.4, -0.2) is 29.5 Å². The molecule has 0 aliphatic heterocycles. The minimum atomic E-state index is 0.0279. The maximum Gasteiger partial charge on any atom is 0.162 e. The smallest absolute Gasteiger partial charge is 0.162 e. The minimum absolute atomic E-state index is 0.0279. The molecule has 0 unspecified atom stereocenters. The molecule has 0 aliphatic carbocycles. The Bertz CT molecular complexity index is 366. The average molecular weight is 253 g/mol. The van der Waals surface area contributed by atoms with Gasteiger partial charge in [0.2, 0.25) is 0 Å². The van der Waals surface area contributed by atoms with Crippen LogP contribution in [0, 0.1) is 5.92 Å². The Morgan fingerprint density at radius 1 is 1.33 bits per heavy atom. The lowest BCUT2D eigenvalue weighted by molar-refractivity contribution is 0.209. The molecule has 0 radical (unpaired) electrons. The number of aromatic hydroxyl groups is 1. The van der Waals surface area contributed by atoms with Gasteiger partial charge in [0.05, 0.1) is 13.2 Å². The molecule has 102 valence electrons. The zero-order chi connectivity index (χ0) is 13.5. The first-order valence-corrected chi connectivity index (χ1v) is 6.38. The lowest BCUT2D eigenvalue weighted by Gasteiger charge is -2.20. The number of para-hydroxylation sites is 1. The Morgan fingerprint density at radius 3 is 2.61 bits per heavy atom. The predicted molar refractivity (Wildman–Crippen MR) is 71.8 cm³/mol. The van der Waals surface area contributed by atoms with Crippen LogP contribution < -0.4 is 10.1 Å². The summed E-state index contributed by atoms with van der Waals surface area (Å²) in [4.78, 5) is 0. The van der Waals surface area contributed by atoms with Crippen LogP contribution in [0.2, 0.25) is 0 Å². The van der Waals surface area contributed by atoms with Crippen LogP contribution in [0.15, 0.2) is 18.2 Å². The van der Waals surface area contributed by atoms with E-state index >= 15 is 0 Å². The quantitative estimate of drug-likeness (QED) is 0.694. The number of phenolic OH excluding ortho intramolecular Hbond substituents is 1. The molecule has 0 fully saturated rings. The maximum absolute atomic E-state index is 10.0. The van der Waals surface area contributed by atoms with Gasteiger partial charge in [0.1, 0.15) is 0 Å². The summed E-state index contributed by atoms with van der Waals surface area (Å²) in [5.41, 5.74) is 0.778. The highest BCUT2D eigenvalue weighted by molar-refractivity contribution is 5.45. The van der Waals surface area contributed by atoms with Gasteiger partial charge in [-0.2, -0.15) is 0 Å². The molecule has 4 nitrogen and oxygen atoms in total. The molecule has 1 aromatic rings. The summed E-state index contributed by atoms with van der Waals surface area (Å²) >= 11 is 0. The highest BCUT2D eigenvalue weighted by atomic mass is 16.5. The predicted octanol–water partition coefficient (Wildman–Crippen LogP) is 1.90. The molecule has 0 saturated heterocycles. The molecular weight excluding hydrogens is 230 g/mol. The van der Waals surface area contributed by atoms with Crippen molar-refractivity contribution in [3.63, 3.8) is 0 Å². The highest BCUT2D eigenvalue weighted by Crippen LogP contribution is 2.29. The third kappa shape index (κ3) is 3.89. The lowest BCUT2D eigenvalue weighted by atomic mass is 10.0. The first kappa shape index (κ1) is 14.8. The van der Waals surface area contributed by atoms with Crippen molar-refractivity contribution in [1.29, 1.82) is 0 Å². The van der Waals surface area contributed by atoms with Gasteiger partial charge >= 0.3 is 0 Å². The number of hydrogen-bond acceptors (Lipinski definition) is 4. The zero-order valence-corrected chi connectivity index (χ0v) is 11.3. The minimum Gasteiger partial charge on any atom is -0.504 e. The number of nitrogens with one attached hydrogen (secondary N) is 1. The number of aliphatic hydroxyl groups is 1. The van der Waals surface area contributed by atoms with Crippen LogP contribution in [0.1, 0.15) is 26.3 Å². The monoisotopic (exact) mass is 253 g/mol. The molecule has 4 heteroatoms. The Balaban J connectivity index is 2.70. The van der Waals surface area contributed by atoms with Gasteiger partial charge in [-0.25, -0.2) is 0 Å². The van der Waals surface area contributed by atoms with Crippen molar-refractivity contribution in [3.05, 3.63) is 23.8 Å². The van der Waals surface area contributed by atoms with E-state index in [9.17, 15) is 10.2 Å². The number of phenols is 1. The normalized spacial score (nSPS) is 12.7. The van der Waals surface area contributed by atoms with E-state index in [1.54, 1.807) is 6.07 Å². The van der Waals surface area contributed by atoms with Crippen molar-refractivity contribution >= 4 is 0 Å². The molecular formula is C14H23NO3. The second kappa shape index (κ2) is 7.24. The van der Waals surface area contributed by atoms with E-state index in [4.69, 9.17) is 4.74 Å². The number of ether oxygens (including phenoxy) is 1. The van der Waals surface area contributed by atoms with Gasteiger partial charge in [-0.05, 0) is 18.9 Å². The van der Waals surface area contributed by atoms with E-state index in [1.165, 1.54) is 0 Å². The van der Waals surface area contributed by atoms with Gasteiger partial charge in [-0.1, -0.05) is 26.0 Å². The van der Waals surface area contributed by atoms with Crippen molar-refractivity contribution in [1.82, 2.24) is 5.32 Å². The second-order valence-corrected chi connectivity index (χ2v) is 4.61. The number of benzene rings is 1. The number of rotatable bonds is 7. The SMILES string of the molecule is CCOc1cccc(CN[C@H](CO)C(C)C)c1O. The molecule has 18 heavy (non-hydrogen) atoms. The van der Waals surface area contributed by atoms with Gasteiger partial charge < -0.3 is 20.3 Å². The second-order valence-electron chi connectivity index (χ2n) is 4.61. The molecule has 1 aromatic carbocycles. The molecule has 0 aromatic heterocycles. The zero-order valence-electron chi connectivity index (χ0n) is 11.3. The number of aliphatic hydroxyl groups excluding tert-OH is 1. The standard InChI is InChI=1S/C14H23NO3/c1-4-18-13-7-5-6-11(14(13)17)8-15-12(9-16)10(2)3/h5-7,10,12,15-17H,4,8-9H2,1-3H3/t12-/m1/s1. The summed E-state index contributed by atoms with van der Waals surface area (Å²) in [6.07, 6.45) is 0. The molecule has 1 rings (SSSR count). The van der Waals surface area contributed by atoms with Crippen molar-refractivity contribution in [2.24, 2.45) is 5.92 Å². The van der Waals surface area contributed by atoms with E-state index in [-0.39, 0.29) is 18.4 Å². The van der Waals surface area contributed by atoms with Crippen LogP contribution >= 0.6 is 0 Å². The van der Waals surface area contributed by atoms with Crippen LogP contribution in [0.25, 0.3) is 0 Å². The van der Waals surface area contributed by atoms with Crippen molar-refractivity contribution in [3.8, 4) is 11.5 Å². The van der Waals surface area contributed by atoms with Crippen LogP contribution in [-0.2, 0) is 6.54 Å². The van der Waals surface area contributed by atoms with E-state index in [0.717, 1.165) is 5.56 Å². The largest absolute Gasteiger partial charge is 0.504 e. The van der Waals surface area contributed by atoms with Crippen molar-refractivity contribution in [2.45, 2.75) is 33.4 Å². The average Bonchev–Trinajstić information content (AvgIpc) is 2.34. The van der Waals surface area contributed by atoms with E-state index in [1.807, 2.05) is 32.9 Å². The third-order valence-electron chi connectivity index (χ3n) is 2.94. The van der Waals surface area contributed by atoms with E-state index < -0.39 is 0 Å². The Morgan fingerprint density at radius 2 is 2.06 bits per heavy atom. The van der Waals surface area contributed by atoms with Gasteiger partial charge in [-0.3, -0.25) is 0 Å². The third-order valence-corrected chi connectivity index (χ3v) is 2.94. The van der Waals surface area contributed by atoms with Crippen LogP contribution in [0.4, 0.5) is 0 Å². The van der Waals surface area contributed by atoms with Crippen molar-refractivity contribution in [2.75, 3.05) is 13.2 Å². The fourth-order valence-electron chi connectivity index (χ4n) is 1.73. The maximum atomic E-state index is 10.0. The fraction of sp³-hybridized carbons (Fsp3) is 0.571. The van der Waals surface area contributed by atoms with Crippen LogP contribution in [0.3, 0.4) is 0 Å². The first-order valence-electron chi connectivity index (χ1n) is 6.38. The highest BCUT2D eigenvalue weighted by Gasteiger charge is 2.13. The molecule has 0 aliphatic rings. The molecule has 0 bridgehead atoms. The molecule has 0 amide bonds.